The van der Waals surface area contributed by atoms with E-state index in [-0.39, 0.29) is 18.3 Å². The van der Waals surface area contributed by atoms with E-state index in [1.165, 1.54) is 25.8 Å². The van der Waals surface area contributed by atoms with Crippen molar-refractivity contribution in [1.82, 2.24) is 14.9 Å². The third-order valence-electron chi connectivity index (χ3n) is 5.20. The lowest BCUT2D eigenvalue weighted by molar-refractivity contribution is -0.138. The molecule has 0 saturated carbocycles. The highest BCUT2D eigenvalue weighted by Crippen LogP contribution is 2.27. The zero-order valence-electron chi connectivity index (χ0n) is 21.9. The number of hydrogen-bond donors (Lipinski definition) is 4. The summed E-state index contributed by atoms with van der Waals surface area (Å²) >= 11 is 1.36. The summed E-state index contributed by atoms with van der Waals surface area (Å²) in [5, 5.41) is 17.5. The normalized spacial score (nSPS) is 11.8. The van der Waals surface area contributed by atoms with Crippen molar-refractivity contribution in [3.05, 3.63) is 59.0 Å². The van der Waals surface area contributed by atoms with Crippen molar-refractivity contribution in [3.63, 3.8) is 0 Å². The molecule has 6 N–H and O–H groups in total. The van der Waals surface area contributed by atoms with Crippen LogP contribution in [0, 0.1) is 5.92 Å². The third kappa shape index (κ3) is 9.79. The lowest BCUT2D eigenvalue weighted by atomic mass is 10.0. The largest absolute Gasteiger partial charge is 0.493 e. The first kappa shape index (κ1) is 30.2. The number of hydrogen-bond acceptors (Lipinski definition) is 9. The lowest BCUT2D eigenvalue weighted by Gasteiger charge is -2.12. The number of benzene rings is 2. The van der Waals surface area contributed by atoms with Crippen molar-refractivity contribution in [2.75, 3.05) is 14.2 Å². The van der Waals surface area contributed by atoms with Gasteiger partial charge in [0, 0.05) is 17.5 Å². The summed E-state index contributed by atoms with van der Waals surface area (Å²) in [6, 6.07) is 12.2. The minimum Gasteiger partial charge on any atom is -0.493 e. The molecule has 0 bridgehead atoms. The highest BCUT2D eigenvalue weighted by molar-refractivity contribution is 7.03. The molecule has 38 heavy (non-hydrogen) atoms. The van der Waals surface area contributed by atoms with E-state index in [9.17, 15) is 9.59 Å². The quantitative estimate of drug-likeness (QED) is 0.222. The lowest BCUT2D eigenvalue weighted by Crippen LogP contribution is -2.39. The van der Waals surface area contributed by atoms with Crippen molar-refractivity contribution >= 4 is 29.4 Å². The SMILES string of the molecule is COc1ccc(CC(=O)NC(N)=N[C@H](CC(C)C)C(=O)O)cc1OC.NCc1ccc(-c2csnn2)cc1. The molecule has 0 saturated heterocycles. The average Bonchev–Trinajstić information content (AvgIpc) is 3.43. The number of ether oxygens (including phenoxy) is 2. The molecule has 0 aliphatic rings. The molecule has 1 atom stereocenters. The number of carboxylic acid groups (broad SMARTS) is 1. The van der Waals surface area contributed by atoms with Crippen molar-refractivity contribution in [1.29, 1.82) is 0 Å². The first-order valence-corrected chi connectivity index (χ1v) is 12.6. The van der Waals surface area contributed by atoms with Gasteiger partial charge in [0.05, 0.1) is 20.6 Å². The Morgan fingerprint density at radius 2 is 1.74 bits per heavy atom. The summed E-state index contributed by atoms with van der Waals surface area (Å²) in [5.74, 6) is -0.477. The number of rotatable bonds is 10. The van der Waals surface area contributed by atoms with Crippen molar-refractivity contribution in [3.8, 4) is 22.8 Å². The molecule has 12 heteroatoms. The summed E-state index contributed by atoms with van der Waals surface area (Å²) < 4.78 is 14.1. The molecule has 204 valence electrons. The Balaban J connectivity index is 0.000000323. The summed E-state index contributed by atoms with van der Waals surface area (Å²) in [4.78, 5) is 27.1. The molecule has 0 aliphatic heterocycles. The Hall–Kier alpha value is -4.03. The maximum Gasteiger partial charge on any atom is 0.328 e. The number of aromatic nitrogens is 2. The van der Waals surface area contributed by atoms with E-state index >= 15 is 0 Å². The molecule has 0 radical (unpaired) electrons. The van der Waals surface area contributed by atoms with Crippen LogP contribution in [0.15, 0.2) is 52.8 Å². The van der Waals surface area contributed by atoms with Crippen LogP contribution in [-0.4, -0.2) is 52.8 Å². The Bertz CT molecular complexity index is 1200. The number of carbonyl (C=O) groups excluding carboxylic acids is 1. The van der Waals surface area contributed by atoms with Gasteiger partial charge in [-0.05, 0) is 47.1 Å². The fourth-order valence-electron chi connectivity index (χ4n) is 3.32. The van der Waals surface area contributed by atoms with Crippen molar-refractivity contribution in [2.24, 2.45) is 22.4 Å². The van der Waals surface area contributed by atoms with Gasteiger partial charge in [-0.25, -0.2) is 9.79 Å². The van der Waals surface area contributed by atoms with Crippen LogP contribution in [0.2, 0.25) is 0 Å². The van der Waals surface area contributed by atoms with Crippen molar-refractivity contribution < 1.29 is 24.2 Å². The predicted molar refractivity (Wildman–Crippen MR) is 147 cm³/mol. The van der Waals surface area contributed by atoms with Gasteiger partial charge in [-0.1, -0.05) is 48.7 Å². The minimum atomic E-state index is -1.08. The molecule has 1 heterocycles. The molecule has 1 amide bonds. The average molecular weight is 543 g/mol. The predicted octanol–water partition coefficient (Wildman–Crippen LogP) is 2.84. The van der Waals surface area contributed by atoms with Crippen LogP contribution in [0.4, 0.5) is 0 Å². The smallest absolute Gasteiger partial charge is 0.328 e. The van der Waals surface area contributed by atoms with Crippen LogP contribution in [-0.2, 0) is 22.6 Å². The number of methoxy groups -OCH3 is 2. The fraction of sp³-hybridized carbons (Fsp3) is 0.346. The molecule has 0 unspecified atom stereocenters. The Kier molecular flexibility index (Phi) is 12.1. The maximum atomic E-state index is 12.1. The zero-order valence-corrected chi connectivity index (χ0v) is 22.7. The molecular formula is C26H34N6O5S. The van der Waals surface area contributed by atoms with Gasteiger partial charge in [0.25, 0.3) is 0 Å². The maximum absolute atomic E-state index is 12.1. The van der Waals surface area contributed by atoms with Gasteiger partial charge < -0.3 is 26.0 Å². The van der Waals surface area contributed by atoms with Gasteiger partial charge in [0.15, 0.2) is 23.5 Å². The summed E-state index contributed by atoms with van der Waals surface area (Å²) in [7, 11) is 3.03. The highest BCUT2D eigenvalue weighted by atomic mass is 32.1. The second-order valence-electron chi connectivity index (χ2n) is 8.60. The van der Waals surface area contributed by atoms with Crippen LogP contribution in [0.1, 0.15) is 31.4 Å². The Labute approximate surface area is 226 Å². The molecule has 1 aromatic heterocycles. The number of guanidine groups is 1. The van der Waals surface area contributed by atoms with Crippen LogP contribution in [0.25, 0.3) is 11.3 Å². The number of carbonyl (C=O) groups is 2. The highest BCUT2D eigenvalue weighted by Gasteiger charge is 2.19. The van der Waals surface area contributed by atoms with E-state index in [1.807, 2.05) is 43.5 Å². The van der Waals surface area contributed by atoms with Gasteiger partial charge in [-0.3, -0.25) is 10.1 Å². The van der Waals surface area contributed by atoms with E-state index in [4.69, 9.17) is 26.0 Å². The number of nitrogens with one attached hydrogen (secondary N) is 1. The van der Waals surface area contributed by atoms with E-state index in [1.54, 1.807) is 18.2 Å². The number of nitrogens with zero attached hydrogens (tertiary/aromatic N) is 3. The standard InChI is InChI=1S/C17H25N3O5.C9H9N3S/c1-10(2)7-12(16(22)23)19-17(18)20-15(21)9-11-5-6-13(24-3)14(8-11)25-4;10-5-7-1-3-8(4-2-7)9-6-13-12-11-9/h5-6,8,10,12H,7,9H2,1-4H3,(H,22,23)(H3,18,19,20,21);1-4,6H,5,10H2/t12-;/m1./s1. The first-order chi connectivity index (χ1) is 18.2. The van der Waals surface area contributed by atoms with Gasteiger partial charge in [-0.2, -0.15) is 0 Å². The van der Waals surface area contributed by atoms with Crippen molar-refractivity contribution in [2.45, 2.75) is 39.3 Å². The third-order valence-corrected chi connectivity index (χ3v) is 5.70. The van der Waals surface area contributed by atoms with Gasteiger partial charge >= 0.3 is 5.97 Å². The van der Waals surface area contributed by atoms with E-state index < -0.39 is 17.9 Å². The summed E-state index contributed by atoms with van der Waals surface area (Å²) in [6.07, 6.45) is 0.375. The molecule has 0 spiro atoms. The Morgan fingerprint density at radius 3 is 2.26 bits per heavy atom. The first-order valence-electron chi connectivity index (χ1n) is 11.8. The second-order valence-corrected chi connectivity index (χ2v) is 9.21. The molecule has 2 aromatic carbocycles. The molecule has 0 fully saturated rings. The van der Waals surface area contributed by atoms with Crippen LogP contribution in [0.3, 0.4) is 0 Å². The monoisotopic (exact) mass is 542 g/mol. The van der Waals surface area contributed by atoms with Crippen LogP contribution in [0.5, 0.6) is 11.5 Å². The number of nitrogens with two attached hydrogens (primary N) is 2. The number of amides is 1. The number of aliphatic imine (C=N–C) groups is 1. The molecular weight excluding hydrogens is 508 g/mol. The van der Waals surface area contributed by atoms with Gasteiger partial charge in [0.1, 0.15) is 5.69 Å². The molecule has 3 rings (SSSR count). The molecule has 3 aromatic rings. The van der Waals surface area contributed by atoms with Gasteiger partial charge in [0.2, 0.25) is 5.91 Å². The summed E-state index contributed by atoms with van der Waals surface area (Å²) in [5.41, 5.74) is 15.0. The fourth-order valence-corrected chi connectivity index (χ4v) is 3.79. The zero-order chi connectivity index (χ0) is 28.1. The number of carboxylic acids is 1. The van der Waals surface area contributed by atoms with E-state index in [0.29, 0.717) is 30.0 Å². The molecule has 11 nitrogen and oxygen atoms in total. The second kappa shape index (κ2) is 15.3. The minimum absolute atomic E-state index is 0.0402. The summed E-state index contributed by atoms with van der Waals surface area (Å²) in [6.45, 7) is 4.35. The van der Waals surface area contributed by atoms with E-state index in [0.717, 1.165) is 16.8 Å². The molecule has 0 aliphatic carbocycles. The van der Waals surface area contributed by atoms with Crippen LogP contribution >= 0.6 is 11.5 Å². The number of aliphatic carboxylic acids is 1. The Morgan fingerprint density at radius 1 is 1.08 bits per heavy atom. The van der Waals surface area contributed by atoms with Crippen LogP contribution < -0.4 is 26.3 Å². The topological polar surface area (TPSA) is 175 Å². The van der Waals surface area contributed by atoms with E-state index in [2.05, 4.69) is 19.9 Å². The van der Waals surface area contributed by atoms with Gasteiger partial charge in [-0.15, -0.1) is 5.10 Å².